The number of hydrogen-bond acceptors (Lipinski definition) is 8. The maximum Gasteiger partial charge on any atom is 0.313 e. The van der Waals surface area contributed by atoms with Crippen LogP contribution in [0.1, 0.15) is 25.7 Å². The minimum absolute atomic E-state index is 0.00671. The molecule has 2 heterocycles. The van der Waals surface area contributed by atoms with Crippen LogP contribution in [-0.2, 0) is 38.1 Å². The van der Waals surface area contributed by atoms with Gasteiger partial charge in [0.15, 0.2) is 22.8 Å². The molecule has 8 nitrogen and oxygen atoms in total. The van der Waals surface area contributed by atoms with Crippen LogP contribution in [0.5, 0.6) is 0 Å². The van der Waals surface area contributed by atoms with Crippen molar-refractivity contribution < 1.29 is 38.1 Å². The van der Waals surface area contributed by atoms with E-state index < -0.39 is 45.2 Å². The molecule has 0 spiro atoms. The summed E-state index contributed by atoms with van der Waals surface area (Å²) in [7, 11) is 2.69. The predicted octanol–water partition coefficient (Wildman–Crippen LogP) is -0.188. The normalized spacial score (nSPS) is 69.4. The SMILES string of the molecule is COC(=O)[C@@]12[C@H]3[C@@H]4[C@@H]5[C@H]([C@]1(C(=O)OC)[C@@H]4[C@]14O[C@]31CCC4=O)[C@@]13CCC(=O)[C@@]1(O3)[C@@H]52. The van der Waals surface area contributed by atoms with E-state index in [4.69, 9.17) is 18.9 Å². The molecule has 30 heavy (non-hydrogen) atoms. The Morgan fingerprint density at radius 3 is 1.53 bits per heavy atom. The molecule has 8 aliphatic carbocycles. The van der Waals surface area contributed by atoms with Crippen LogP contribution >= 0.6 is 0 Å². The zero-order valence-corrected chi connectivity index (χ0v) is 16.6. The van der Waals surface area contributed by atoms with Gasteiger partial charge in [0.25, 0.3) is 0 Å². The summed E-state index contributed by atoms with van der Waals surface area (Å²) in [6.07, 6.45) is 1.99. The van der Waals surface area contributed by atoms with Crippen molar-refractivity contribution in [2.45, 2.75) is 48.1 Å². The Bertz CT molecular complexity index is 1030. The molecule has 0 aromatic carbocycles. The molecule has 0 amide bonds. The van der Waals surface area contributed by atoms with Crippen molar-refractivity contribution >= 4 is 23.5 Å². The van der Waals surface area contributed by atoms with Gasteiger partial charge in [-0.1, -0.05) is 0 Å². The highest BCUT2D eigenvalue weighted by Gasteiger charge is 3.16. The molecule has 10 rings (SSSR count). The molecule has 0 unspecified atom stereocenters. The van der Waals surface area contributed by atoms with E-state index in [1.54, 1.807) is 0 Å². The third-order valence-electron chi connectivity index (χ3n) is 11.7. The summed E-state index contributed by atoms with van der Waals surface area (Å²) >= 11 is 0. The molecule has 0 radical (unpaired) electrons. The Kier molecular flexibility index (Phi) is 1.90. The van der Waals surface area contributed by atoms with Gasteiger partial charge < -0.3 is 18.9 Å². The van der Waals surface area contributed by atoms with Gasteiger partial charge in [-0.2, -0.15) is 0 Å². The molecule has 0 N–H and O–H groups in total. The Hall–Kier alpha value is -1.80. The molecular formula is C22H20O8. The van der Waals surface area contributed by atoms with Gasteiger partial charge in [-0.05, 0) is 24.7 Å². The maximum atomic E-state index is 13.8. The Balaban J connectivity index is 1.43. The van der Waals surface area contributed by atoms with Crippen LogP contribution in [0.3, 0.4) is 0 Å². The number of carbonyl (C=O) groups excluding carboxylic acids is 4. The van der Waals surface area contributed by atoms with E-state index in [0.29, 0.717) is 25.7 Å². The van der Waals surface area contributed by atoms with Gasteiger partial charge in [0, 0.05) is 36.5 Å². The largest absolute Gasteiger partial charge is 0.469 e. The summed E-state index contributed by atoms with van der Waals surface area (Å²) in [5, 5.41) is 0. The first-order chi connectivity index (χ1) is 14.4. The van der Waals surface area contributed by atoms with E-state index in [1.807, 2.05) is 0 Å². The van der Waals surface area contributed by atoms with Gasteiger partial charge in [-0.3, -0.25) is 19.2 Å². The topological polar surface area (TPSA) is 112 Å². The molecule has 2 aliphatic heterocycles. The fourth-order valence-electron chi connectivity index (χ4n) is 12.1. The van der Waals surface area contributed by atoms with Crippen molar-refractivity contribution in [3.05, 3.63) is 0 Å². The third kappa shape index (κ3) is 0.835. The molecule has 8 heteroatoms. The first-order valence-electron chi connectivity index (χ1n) is 11.0. The molecule has 12 atom stereocenters. The summed E-state index contributed by atoms with van der Waals surface area (Å²) in [5.74, 6) is -2.09. The number of ketones is 2. The van der Waals surface area contributed by atoms with Crippen molar-refractivity contribution in [2.75, 3.05) is 14.2 Å². The second kappa shape index (κ2) is 3.58. The van der Waals surface area contributed by atoms with E-state index in [0.717, 1.165) is 0 Å². The molecule has 0 aromatic rings. The molecule has 10 fully saturated rings. The van der Waals surface area contributed by atoms with Gasteiger partial charge in [-0.15, -0.1) is 0 Å². The van der Waals surface area contributed by atoms with Crippen molar-refractivity contribution in [2.24, 2.45) is 46.3 Å². The average Bonchev–Trinajstić information content (AvgIpc) is 3.06. The van der Waals surface area contributed by atoms with Crippen LogP contribution in [-0.4, -0.2) is 60.1 Å². The number of methoxy groups -OCH3 is 2. The second-order valence-electron chi connectivity index (χ2n) is 11.1. The molecule has 2 saturated heterocycles. The van der Waals surface area contributed by atoms with E-state index in [1.165, 1.54) is 14.2 Å². The van der Waals surface area contributed by atoms with Crippen LogP contribution in [0.4, 0.5) is 0 Å². The van der Waals surface area contributed by atoms with Crippen molar-refractivity contribution in [3.63, 3.8) is 0 Å². The number of ether oxygens (including phenoxy) is 4. The Morgan fingerprint density at radius 2 is 1.17 bits per heavy atom. The number of carbonyl (C=O) groups is 4. The Labute approximate surface area is 170 Å². The van der Waals surface area contributed by atoms with Crippen LogP contribution in [0.15, 0.2) is 0 Å². The molecule has 10 aliphatic rings. The van der Waals surface area contributed by atoms with Gasteiger partial charge >= 0.3 is 11.9 Å². The minimum Gasteiger partial charge on any atom is -0.469 e. The quantitative estimate of drug-likeness (QED) is 0.453. The number of esters is 2. The lowest BCUT2D eigenvalue weighted by atomic mass is 9.43. The van der Waals surface area contributed by atoms with Crippen LogP contribution in [0.25, 0.3) is 0 Å². The standard InChI is InChI=1S/C22H20O8/c1-27-15(25)19-11-9-10-12(18-6-4-7(23)21(18,30-18)13(10)19)20(19,16(26)28-2)14(9)22-8(24)3-5-17(11,22)29-22/h9-14H,3-6H2,1-2H3/t9-,10+,11-,12-,13-,14+,17+,18-,19-,20+,21+,22-/m0/s1. The van der Waals surface area contributed by atoms with E-state index in [-0.39, 0.29) is 47.1 Å². The lowest BCUT2D eigenvalue weighted by Crippen LogP contribution is -2.69. The number of rotatable bonds is 2. The minimum atomic E-state index is -1.20. The second-order valence-corrected chi connectivity index (χ2v) is 11.1. The lowest BCUT2D eigenvalue weighted by molar-refractivity contribution is -0.197. The molecule has 0 aromatic heterocycles. The highest BCUT2D eigenvalue weighted by atomic mass is 16.7. The first-order valence-corrected chi connectivity index (χ1v) is 11.0. The highest BCUT2D eigenvalue weighted by molar-refractivity contribution is 6.07. The number of hydrogen-bond donors (Lipinski definition) is 0. The van der Waals surface area contributed by atoms with Crippen LogP contribution < -0.4 is 0 Å². The molecule has 8 saturated carbocycles. The van der Waals surface area contributed by atoms with Crippen LogP contribution in [0, 0.1) is 46.3 Å². The fourth-order valence-corrected chi connectivity index (χ4v) is 12.1. The van der Waals surface area contributed by atoms with Gasteiger partial charge in [0.05, 0.1) is 25.0 Å². The van der Waals surface area contributed by atoms with Crippen molar-refractivity contribution in [1.82, 2.24) is 0 Å². The fraction of sp³-hybridized carbons (Fsp3) is 0.818. The van der Waals surface area contributed by atoms with E-state index in [2.05, 4.69) is 0 Å². The highest BCUT2D eigenvalue weighted by Crippen LogP contribution is 3.05. The monoisotopic (exact) mass is 412 g/mol. The molecule has 8 bridgehead atoms. The van der Waals surface area contributed by atoms with E-state index >= 15 is 0 Å². The molecular weight excluding hydrogens is 392 g/mol. The summed E-state index contributed by atoms with van der Waals surface area (Å²) in [6, 6.07) is 0. The Morgan fingerprint density at radius 1 is 0.767 bits per heavy atom. The third-order valence-corrected chi connectivity index (χ3v) is 11.7. The van der Waals surface area contributed by atoms with Crippen molar-refractivity contribution in [3.8, 4) is 0 Å². The predicted molar refractivity (Wildman–Crippen MR) is 91.4 cm³/mol. The lowest BCUT2D eigenvalue weighted by Gasteiger charge is -2.53. The number of Topliss-reactive ketones (excluding diaryl/α,β-unsaturated/α-hetero) is 2. The number of epoxide rings is 2. The molecule has 156 valence electrons. The summed E-state index contributed by atoms with van der Waals surface area (Å²) in [6.45, 7) is 0. The maximum absolute atomic E-state index is 13.8. The summed E-state index contributed by atoms with van der Waals surface area (Å²) in [4.78, 5) is 53.8. The van der Waals surface area contributed by atoms with Crippen LogP contribution in [0.2, 0.25) is 0 Å². The average molecular weight is 412 g/mol. The van der Waals surface area contributed by atoms with Gasteiger partial charge in [-0.25, -0.2) is 0 Å². The zero-order chi connectivity index (χ0) is 20.4. The summed E-state index contributed by atoms with van der Waals surface area (Å²) in [5.41, 5.74) is -5.69. The summed E-state index contributed by atoms with van der Waals surface area (Å²) < 4.78 is 23.4. The smallest absolute Gasteiger partial charge is 0.313 e. The van der Waals surface area contributed by atoms with Crippen molar-refractivity contribution in [1.29, 1.82) is 0 Å². The van der Waals surface area contributed by atoms with E-state index in [9.17, 15) is 19.2 Å². The van der Waals surface area contributed by atoms with Gasteiger partial charge in [0.1, 0.15) is 11.2 Å². The first kappa shape index (κ1) is 15.9. The van der Waals surface area contributed by atoms with Gasteiger partial charge in [0.2, 0.25) is 0 Å². The zero-order valence-electron chi connectivity index (χ0n) is 16.6.